The SMILES string of the molecule is CCOc1cccc(OCC)c1CC(=O)N(N)C(N)=S. The average Bonchev–Trinajstić information content (AvgIpc) is 2.41. The number of hydrogen-bond donors (Lipinski definition) is 2. The van der Waals surface area contributed by atoms with Gasteiger partial charge in [0.15, 0.2) is 5.11 Å². The fraction of sp³-hybridized carbons (Fsp3) is 0.385. The van der Waals surface area contributed by atoms with Gasteiger partial charge in [-0.05, 0) is 38.2 Å². The fourth-order valence-corrected chi connectivity index (χ4v) is 1.76. The molecule has 7 heteroatoms. The Kier molecular flexibility index (Phi) is 6.20. The van der Waals surface area contributed by atoms with Gasteiger partial charge in [-0.3, -0.25) is 4.79 Å². The van der Waals surface area contributed by atoms with E-state index in [1.54, 1.807) is 18.2 Å². The summed E-state index contributed by atoms with van der Waals surface area (Å²) in [6.45, 7) is 4.70. The van der Waals surface area contributed by atoms with Crippen LogP contribution < -0.4 is 21.1 Å². The molecule has 0 radical (unpaired) electrons. The van der Waals surface area contributed by atoms with Crippen LogP contribution >= 0.6 is 12.2 Å². The molecule has 20 heavy (non-hydrogen) atoms. The number of thiocarbonyl (C=S) groups is 1. The Hall–Kier alpha value is -1.86. The van der Waals surface area contributed by atoms with E-state index in [4.69, 9.17) is 21.1 Å². The van der Waals surface area contributed by atoms with E-state index in [1.165, 1.54) is 0 Å². The molecule has 0 aliphatic rings. The molecule has 0 bridgehead atoms. The molecule has 110 valence electrons. The predicted octanol–water partition coefficient (Wildman–Crippen LogP) is 0.972. The number of rotatable bonds is 6. The molecule has 0 atom stereocenters. The highest BCUT2D eigenvalue weighted by molar-refractivity contribution is 7.80. The summed E-state index contributed by atoms with van der Waals surface area (Å²) in [5.41, 5.74) is 5.97. The summed E-state index contributed by atoms with van der Waals surface area (Å²) in [4.78, 5) is 12.0. The number of hydrazine groups is 1. The van der Waals surface area contributed by atoms with Crippen LogP contribution in [-0.4, -0.2) is 29.2 Å². The monoisotopic (exact) mass is 297 g/mol. The minimum atomic E-state index is -0.425. The van der Waals surface area contributed by atoms with Crippen LogP contribution in [0.1, 0.15) is 19.4 Å². The van der Waals surface area contributed by atoms with Gasteiger partial charge in [0.2, 0.25) is 5.91 Å². The van der Waals surface area contributed by atoms with E-state index < -0.39 is 5.91 Å². The van der Waals surface area contributed by atoms with Gasteiger partial charge in [0.25, 0.3) is 0 Å². The lowest BCUT2D eigenvalue weighted by atomic mass is 10.1. The maximum absolute atomic E-state index is 12.0. The van der Waals surface area contributed by atoms with Crippen molar-refractivity contribution in [3.63, 3.8) is 0 Å². The number of hydrogen-bond acceptors (Lipinski definition) is 5. The molecular formula is C13H19N3O3S. The van der Waals surface area contributed by atoms with E-state index in [-0.39, 0.29) is 11.5 Å². The maximum Gasteiger partial charge on any atom is 0.247 e. The van der Waals surface area contributed by atoms with Gasteiger partial charge in [-0.1, -0.05) is 6.07 Å². The number of ether oxygens (including phenoxy) is 2. The molecule has 0 unspecified atom stereocenters. The van der Waals surface area contributed by atoms with Crippen molar-refractivity contribution in [1.82, 2.24) is 5.01 Å². The third-order valence-electron chi connectivity index (χ3n) is 2.52. The number of nitrogens with two attached hydrogens (primary N) is 2. The minimum Gasteiger partial charge on any atom is -0.493 e. The third kappa shape index (κ3) is 4.07. The van der Waals surface area contributed by atoms with Crippen molar-refractivity contribution in [3.05, 3.63) is 23.8 Å². The van der Waals surface area contributed by atoms with Crippen LogP contribution in [0.2, 0.25) is 0 Å². The van der Waals surface area contributed by atoms with Gasteiger partial charge in [0.1, 0.15) is 11.5 Å². The molecule has 4 N–H and O–H groups in total. The van der Waals surface area contributed by atoms with Crippen molar-refractivity contribution in [1.29, 1.82) is 0 Å². The molecule has 0 saturated carbocycles. The first-order valence-electron chi connectivity index (χ1n) is 6.25. The molecule has 6 nitrogen and oxygen atoms in total. The Morgan fingerprint density at radius 1 is 1.25 bits per heavy atom. The van der Waals surface area contributed by atoms with Crippen molar-refractivity contribution in [2.45, 2.75) is 20.3 Å². The van der Waals surface area contributed by atoms with Crippen molar-refractivity contribution >= 4 is 23.2 Å². The molecule has 0 fully saturated rings. The van der Waals surface area contributed by atoms with Gasteiger partial charge >= 0.3 is 0 Å². The van der Waals surface area contributed by atoms with Crippen LogP contribution in [0.4, 0.5) is 0 Å². The molecule has 0 aliphatic heterocycles. The number of nitrogens with zero attached hydrogens (tertiary/aromatic N) is 1. The van der Waals surface area contributed by atoms with Crippen molar-refractivity contribution in [3.8, 4) is 11.5 Å². The highest BCUT2D eigenvalue weighted by Gasteiger charge is 2.19. The highest BCUT2D eigenvalue weighted by Crippen LogP contribution is 2.29. The Morgan fingerprint density at radius 2 is 1.75 bits per heavy atom. The molecule has 0 saturated heterocycles. The maximum atomic E-state index is 12.0. The highest BCUT2D eigenvalue weighted by atomic mass is 32.1. The van der Waals surface area contributed by atoms with Crippen LogP contribution in [0.15, 0.2) is 18.2 Å². The second-order valence-electron chi connectivity index (χ2n) is 3.88. The molecule has 1 aromatic carbocycles. The Labute approximate surface area is 123 Å². The lowest BCUT2D eigenvalue weighted by Gasteiger charge is -2.18. The number of carbonyl (C=O) groups excluding carboxylic acids is 1. The lowest BCUT2D eigenvalue weighted by Crippen LogP contribution is -2.46. The standard InChI is InChI=1S/C13H19N3O3S/c1-3-18-10-6-5-7-11(19-4-2)9(10)8-12(17)16(15)13(14)20/h5-7H,3-4,8,15H2,1-2H3,(H2,14,20). The molecule has 0 spiro atoms. The van der Waals surface area contributed by atoms with Gasteiger partial charge in [-0.15, -0.1) is 0 Å². The third-order valence-corrected chi connectivity index (χ3v) is 2.72. The van der Waals surface area contributed by atoms with Gasteiger partial charge < -0.3 is 15.2 Å². The normalized spacial score (nSPS) is 9.95. The molecule has 0 aromatic heterocycles. The minimum absolute atomic E-state index is 0.000648. The zero-order valence-corrected chi connectivity index (χ0v) is 12.4. The summed E-state index contributed by atoms with van der Waals surface area (Å²) in [5, 5.41) is 0.565. The second kappa shape index (κ2) is 7.66. The first-order valence-corrected chi connectivity index (χ1v) is 6.66. The van der Waals surface area contributed by atoms with Gasteiger partial charge in [-0.25, -0.2) is 10.9 Å². The number of amides is 1. The predicted molar refractivity (Wildman–Crippen MR) is 80.3 cm³/mol. The summed E-state index contributed by atoms with van der Waals surface area (Å²) >= 11 is 4.67. The summed E-state index contributed by atoms with van der Waals surface area (Å²) in [5.74, 6) is 6.24. The van der Waals surface area contributed by atoms with E-state index in [2.05, 4.69) is 12.2 Å². The number of carbonyl (C=O) groups is 1. The Bertz CT molecular complexity index is 469. The molecule has 1 aromatic rings. The van der Waals surface area contributed by atoms with E-state index >= 15 is 0 Å². The smallest absolute Gasteiger partial charge is 0.247 e. The summed E-state index contributed by atoms with van der Waals surface area (Å²) < 4.78 is 11.0. The molecular weight excluding hydrogens is 278 g/mol. The van der Waals surface area contributed by atoms with E-state index in [0.29, 0.717) is 30.3 Å². The summed E-state index contributed by atoms with van der Waals surface area (Å²) in [6, 6.07) is 5.35. The van der Waals surface area contributed by atoms with Crippen molar-refractivity contribution in [2.75, 3.05) is 13.2 Å². The first-order chi connectivity index (χ1) is 9.51. The quantitative estimate of drug-likeness (QED) is 0.352. The van der Waals surface area contributed by atoms with Crippen LogP contribution in [0.5, 0.6) is 11.5 Å². The zero-order valence-electron chi connectivity index (χ0n) is 11.6. The van der Waals surface area contributed by atoms with Crippen molar-refractivity contribution in [2.24, 2.45) is 11.6 Å². The summed E-state index contributed by atoms with van der Waals surface area (Å²) in [7, 11) is 0. The summed E-state index contributed by atoms with van der Waals surface area (Å²) in [6.07, 6.45) is -0.000648. The first kappa shape index (κ1) is 16.2. The van der Waals surface area contributed by atoms with E-state index in [1.807, 2.05) is 13.8 Å². The van der Waals surface area contributed by atoms with Gasteiger partial charge in [0.05, 0.1) is 19.6 Å². The van der Waals surface area contributed by atoms with Crippen LogP contribution in [0.3, 0.4) is 0 Å². The molecule has 0 heterocycles. The van der Waals surface area contributed by atoms with Crippen molar-refractivity contribution < 1.29 is 14.3 Å². The lowest BCUT2D eigenvalue weighted by molar-refractivity contribution is -0.126. The second-order valence-corrected chi connectivity index (χ2v) is 4.30. The molecule has 1 amide bonds. The topological polar surface area (TPSA) is 90.8 Å². The average molecular weight is 297 g/mol. The van der Waals surface area contributed by atoms with Gasteiger partial charge in [0, 0.05) is 5.56 Å². The zero-order chi connectivity index (χ0) is 15.1. The largest absolute Gasteiger partial charge is 0.493 e. The van der Waals surface area contributed by atoms with Gasteiger partial charge in [-0.2, -0.15) is 0 Å². The van der Waals surface area contributed by atoms with E-state index in [0.717, 1.165) is 5.01 Å². The molecule has 0 aliphatic carbocycles. The van der Waals surface area contributed by atoms with Crippen LogP contribution in [0, 0.1) is 0 Å². The Morgan fingerprint density at radius 3 is 2.15 bits per heavy atom. The van der Waals surface area contributed by atoms with Crippen LogP contribution in [-0.2, 0) is 11.2 Å². The van der Waals surface area contributed by atoms with E-state index in [9.17, 15) is 4.79 Å². The Balaban J connectivity index is 3.06. The number of benzene rings is 1. The fourth-order valence-electron chi connectivity index (χ4n) is 1.66. The van der Waals surface area contributed by atoms with Crippen LogP contribution in [0.25, 0.3) is 0 Å². The molecule has 1 rings (SSSR count).